The minimum atomic E-state index is -0.203. The van der Waals surface area contributed by atoms with E-state index >= 15 is 0 Å². The molecule has 0 radical (unpaired) electrons. The van der Waals surface area contributed by atoms with Crippen molar-refractivity contribution in [1.29, 1.82) is 0 Å². The van der Waals surface area contributed by atoms with Gasteiger partial charge in [-0.15, -0.1) is 0 Å². The molecule has 1 saturated carbocycles. The number of carbonyl (C=O) groups excluding carboxylic acids is 1. The second-order valence-corrected chi connectivity index (χ2v) is 6.25. The lowest BCUT2D eigenvalue weighted by molar-refractivity contribution is 0.0276. The molecule has 128 valence electrons. The minimum Gasteiger partial charge on any atom is -0.378 e. The molecule has 0 bridgehead atoms. The summed E-state index contributed by atoms with van der Waals surface area (Å²) in [5.74, 6) is 0. The monoisotopic (exact) mass is 327 g/mol. The molecule has 1 aromatic carbocycles. The molecule has 5 heteroatoms. The van der Waals surface area contributed by atoms with Crippen LogP contribution in [0.1, 0.15) is 38.5 Å². The van der Waals surface area contributed by atoms with Gasteiger partial charge in [0.15, 0.2) is 0 Å². The summed E-state index contributed by atoms with van der Waals surface area (Å²) in [5.41, 5.74) is 1.53. The molecule has 2 amide bonds. The van der Waals surface area contributed by atoms with Gasteiger partial charge in [0.2, 0.25) is 0 Å². The number of nitrogens with one attached hydrogen (secondary N) is 2. The molecular weight excluding hydrogens is 302 g/mol. The lowest BCUT2D eigenvalue weighted by atomic mass is 9.98. The van der Waals surface area contributed by atoms with Crippen LogP contribution < -0.4 is 10.6 Å². The second-order valence-electron chi connectivity index (χ2n) is 6.25. The van der Waals surface area contributed by atoms with Gasteiger partial charge in [0, 0.05) is 24.7 Å². The Balaban J connectivity index is 1.39. The molecule has 24 heavy (non-hydrogen) atoms. The number of nitrogens with zero attached hydrogens (tertiary/aromatic N) is 1. The van der Waals surface area contributed by atoms with Gasteiger partial charge in [-0.05, 0) is 31.4 Å². The zero-order chi connectivity index (χ0) is 16.6. The van der Waals surface area contributed by atoms with E-state index in [1.807, 2.05) is 30.3 Å². The highest BCUT2D eigenvalue weighted by Gasteiger charge is 2.13. The normalized spacial score (nSPS) is 15.3. The van der Waals surface area contributed by atoms with Crippen LogP contribution in [0, 0.1) is 0 Å². The number of benzene rings is 1. The van der Waals surface area contributed by atoms with E-state index in [0.717, 1.165) is 23.0 Å². The zero-order valence-corrected chi connectivity index (χ0v) is 14.0. The summed E-state index contributed by atoms with van der Waals surface area (Å²) in [6.45, 7) is 1.32. The Morgan fingerprint density at radius 1 is 1.17 bits per heavy atom. The predicted molar refractivity (Wildman–Crippen MR) is 96.2 cm³/mol. The van der Waals surface area contributed by atoms with Gasteiger partial charge in [0.1, 0.15) is 0 Å². The number of amides is 2. The highest BCUT2D eigenvalue weighted by molar-refractivity contribution is 5.99. The quantitative estimate of drug-likeness (QED) is 0.785. The number of urea groups is 1. The first kappa shape index (κ1) is 16.7. The molecule has 0 spiro atoms. The Bertz CT molecular complexity index is 663. The third kappa shape index (κ3) is 4.68. The molecule has 3 rings (SSSR count). The molecule has 0 unspecified atom stereocenters. The van der Waals surface area contributed by atoms with Crippen LogP contribution in [0.4, 0.5) is 10.5 Å². The van der Waals surface area contributed by atoms with Crippen molar-refractivity contribution >= 4 is 22.6 Å². The largest absolute Gasteiger partial charge is 0.378 e. The highest BCUT2D eigenvalue weighted by Crippen LogP contribution is 2.21. The summed E-state index contributed by atoms with van der Waals surface area (Å²) in [5, 5.41) is 6.76. The van der Waals surface area contributed by atoms with Crippen molar-refractivity contribution < 1.29 is 9.53 Å². The number of para-hydroxylation sites is 1. The van der Waals surface area contributed by atoms with E-state index < -0.39 is 0 Å². The summed E-state index contributed by atoms with van der Waals surface area (Å²) in [7, 11) is 0. The number of ether oxygens (including phenoxy) is 1. The smallest absolute Gasteiger partial charge is 0.319 e. The fourth-order valence-electron chi connectivity index (χ4n) is 3.13. The summed E-state index contributed by atoms with van der Waals surface area (Å²) in [4.78, 5) is 16.4. The van der Waals surface area contributed by atoms with E-state index in [1.165, 1.54) is 32.1 Å². The fourth-order valence-corrected chi connectivity index (χ4v) is 3.13. The van der Waals surface area contributed by atoms with E-state index in [9.17, 15) is 4.79 Å². The van der Waals surface area contributed by atoms with Crippen molar-refractivity contribution in [1.82, 2.24) is 10.3 Å². The molecule has 0 aliphatic heterocycles. The third-order valence-corrected chi connectivity index (χ3v) is 4.39. The summed E-state index contributed by atoms with van der Waals surface area (Å²) in [6, 6.07) is 9.42. The Kier molecular flexibility index (Phi) is 6.01. The van der Waals surface area contributed by atoms with Crippen LogP contribution in [0.3, 0.4) is 0 Å². The highest BCUT2D eigenvalue weighted by atomic mass is 16.5. The van der Waals surface area contributed by atoms with Crippen molar-refractivity contribution in [2.75, 3.05) is 18.5 Å². The van der Waals surface area contributed by atoms with Gasteiger partial charge in [-0.1, -0.05) is 37.5 Å². The topological polar surface area (TPSA) is 63.2 Å². The number of hydrogen-bond donors (Lipinski definition) is 2. The number of anilines is 1. The second kappa shape index (κ2) is 8.64. The zero-order valence-electron chi connectivity index (χ0n) is 14.0. The Morgan fingerprint density at radius 3 is 2.88 bits per heavy atom. The number of aromatic nitrogens is 1. The molecule has 0 saturated heterocycles. The molecule has 1 heterocycles. The van der Waals surface area contributed by atoms with Crippen LogP contribution in [0.25, 0.3) is 10.9 Å². The van der Waals surface area contributed by atoms with Crippen LogP contribution in [-0.2, 0) is 4.74 Å². The molecule has 1 aliphatic rings. The molecule has 1 aliphatic carbocycles. The summed E-state index contributed by atoms with van der Waals surface area (Å²) in [6.07, 6.45) is 9.25. The molecule has 0 atom stereocenters. The molecule has 5 nitrogen and oxygen atoms in total. The van der Waals surface area contributed by atoms with Gasteiger partial charge in [0.25, 0.3) is 0 Å². The van der Waals surface area contributed by atoms with E-state index in [0.29, 0.717) is 19.3 Å². The van der Waals surface area contributed by atoms with Crippen molar-refractivity contribution in [2.24, 2.45) is 0 Å². The van der Waals surface area contributed by atoms with E-state index in [1.54, 1.807) is 6.20 Å². The first-order valence-corrected chi connectivity index (χ1v) is 8.83. The number of pyridine rings is 1. The van der Waals surface area contributed by atoms with Gasteiger partial charge in [-0.3, -0.25) is 4.98 Å². The average Bonchev–Trinajstić information content (AvgIpc) is 2.63. The lowest BCUT2D eigenvalue weighted by Gasteiger charge is -2.21. The van der Waals surface area contributed by atoms with Crippen LogP contribution in [-0.4, -0.2) is 30.3 Å². The maximum atomic E-state index is 12.0. The Labute approximate surface area is 142 Å². The first-order chi connectivity index (χ1) is 11.8. The molecular formula is C19H25N3O2. The van der Waals surface area contributed by atoms with Gasteiger partial charge in [0.05, 0.1) is 17.3 Å². The fraction of sp³-hybridized carbons (Fsp3) is 0.474. The van der Waals surface area contributed by atoms with Crippen molar-refractivity contribution in [3.05, 3.63) is 36.5 Å². The maximum Gasteiger partial charge on any atom is 0.319 e. The SMILES string of the molecule is O=C(NCCCOC1CCCCC1)Nc1cccc2cccnc12. The van der Waals surface area contributed by atoms with Crippen LogP contribution in [0.5, 0.6) is 0 Å². The van der Waals surface area contributed by atoms with E-state index in [-0.39, 0.29) is 6.03 Å². The van der Waals surface area contributed by atoms with Crippen molar-refractivity contribution in [3.8, 4) is 0 Å². The maximum absolute atomic E-state index is 12.0. The first-order valence-electron chi connectivity index (χ1n) is 8.83. The molecule has 2 N–H and O–H groups in total. The van der Waals surface area contributed by atoms with Crippen molar-refractivity contribution in [3.63, 3.8) is 0 Å². The van der Waals surface area contributed by atoms with Gasteiger partial charge in [-0.2, -0.15) is 0 Å². The van der Waals surface area contributed by atoms with Crippen LogP contribution in [0.2, 0.25) is 0 Å². The lowest BCUT2D eigenvalue weighted by Crippen LogP contribution is -2.30. The minimum absolute atomic E-state index is 0.203. The van der Waals surface area contributed by atoms with Crippen LogP contribution >= 0.6 is 0 Å². The van der Waals surface area contributed by atoms with E-state index in [4.69, 9.17) is 4.74 Å². The van der Waals surface area contributed by atoms with E-state index in [2.05, 4.69) is 15.6 Å². The summed E-state index contributed by atoms with van der Waals surface area (Å²) < 4.78 is 5.86. The summed E-state index contributed by atoms with van der Waals surface area (Å²) >= 11 is 0. The van der Waals surface area contributed by atoms with Gasteiger partial charge in [-0.25, -0.2) is 4.79 Å². The predicted octanol–water partition coefficient (Wildman–Crippen LogP) is 4.10. The van der Waals surface area contributed by atoms with Crippen LogP contribution in [0.15, 0.2) is 36.5 Å². The third-order valence-electron chi connectivity index (χ3n) is 4.39. The Hall–Kier alpha value is -2.14. The molecule has 1 aromatic heterocycles. The number of carbonyl (C=O) groups is 1. The van der Waals surface area contributed by atoms with Crippen molar-refractivity contribution in [2.45, 2.75) is 44.6 Å². The molecule has 1 fully saturated rings. The molecule has 2 aromatic rings. The number of rotatable bonds is 6. The van der Waals surface area contributed by atoms with Gasteiger partial charge < -0.3 is 15.4 Å². The number of hydrogen-bond acceptors (Lipinski definition) is 3. The van der Waals surface area contributed by atoms with Gasteiger partial charge >= 0.3 is 6.03 Å². The standard InChI is InChI=1S/C19H25N3O2/c23-19(21-13-6-14-24-16-9-2-1-3-10-16)22-17-11-4-7-15-8-5-12-20-18(15)17/h4-5,7-8,11-12,16H,1-3,6,9-10,13-14H2,(H2,21,22,23). The Morgan fingerprint density at radius 2 is 2.00 bits per heavy atom. The number of fused-ring (bicyclic) bond motifs is 1. The average molecular weight is 327 g/mol.